The van der Waals surface area contributed by atoms with Crippen LogP contribution < -0.4 is 5.56 Å². The van der Waals surface area contributed by atoms with Gasteiger partial charge in [0.25, 0.3) is 5.56 Å². The minimum Gasteiger partial charge on any atom is -0.292 e. The summed E-state index contributed by atoms with van der Waals surface area (Å²) >= 11 is 6.03. The fourth-order valence-electron chi connectivity index (χ4n) is 3.11. The maximum Gasteiger partial charge on any atom is 0.264 e. The van der Waals surface area contributed by atoms with Crippen molar-refractivity contribution in [2.24, 2.45) is 0 Å². The molecule has 5 rings (SSSR count). The molecule has 0 unspecified atom stereocenters. The summed E-state index contributed by atoms with van der Waals surface area (Å²) in [6, 6.07) is 16.9. The number of para-hydroxylation sites is 1. The van der Waals surface area contributed by atoms with Gasteiger partial charge in [0.1, 0.15) is 17.4 Å². The maximum absolute atomic E-state index is 12.9. The zero-order valence-corrected chi connectivity index (χ0v) is 15.8. The van der Waals surface area contributed by atoms with Crippen molar-refractivity contribution in [3.63, 3.8) is 0 Å². The summed E-state index contributed by atoms with van der Waals surface area (Å²) in [5, 5.41) is 13.6. The molecule has 3 aromatic heterocycles. The van der Waals surface area contributed by atoms with Crippen molar-refractivity contribution in [1.82, 2.24) is 34.3 Å². The number of nitrogens with zero attached hydrogens (tertiary/aromatic N) is 7. The van der Waals surface area contributed by atoms with Gasteiger partial charge in [-0.25, -0.2) is 14.3 Å². The van der Waals surface area contributed by atoms with Crippen molar-refractivity contribution in [2.45, 2.75) is 6.54 Å². The van der Waals surface area contributed by atoms with Gasteiger partial charge in [-0.2, -0.15) is 5.10 Å². The summed E-state index contributed by atoms with van der Waals surface area (Å²) < 4.78 is 4.76. The van der Waals surface area contributed by atoms with Gasteiger partial charge in [-0.05, 0) is 30.3 Å². The molecular formula is C20H14ClN7O. The lowest BCUT2D eigenvalue weighted by Crippen LogP contribution is -2.21. The lowest BCUT2D eigenvalue weighted by Gasteiger charge is -2.04. The van der Waals surface area contributed by atoms with Crippen LogP contribution in [-0.2, 0) is 6.54 Å². The Morgan fingerprint density at radius 1 is 1.00 bits per heavy atom. The second kappa shape index (κ2) is 6.99. The average molecular weight is 404 g/mol. The number of benzene rings is 2. The van der Waals surface area contributed by atoms with Gasteiger partial charge in [-0.15, -0.1) is 5.10 Å². The third-order valence-electron chi connectivity index (χ3n) is 4.50. The molecule has 0 amide bonds. The summed E-state index contributed by atoms with van der Waals surface area (Å²) in [6.07, 6.45) is 4.80. The van der Waals surface area contributed by atoms with Crippen LogP contribution in [0.5, 0.6) is 0 Å². The van der Waals surface area contributed by atoms with Gasteiger partial charge < -0.3 is 0 Å². The van der Waals surface area contributed by atoms with Gasteiger partial charge in [-0.1, -0.05) is 41.1 Å². The topological polar surface area (TPSA) is 83.4 Å². The van der Waals surface area contributed by atoms with Crippen LogP contribution in [0, 0.1) is 0 Å². The van der Waals surface area contributed by atoms with Gasteiger partial charge in [0, 0.05) is 5.02 Å². The standard InChI is InChI=1S/C20H14ClN7O/c21-14-5-4-8-17(9-14)27-12-15(24-25-27)11-26-13-22-19-18(20(26)29)10-23-28(19)16-6-2-1-3-7-16/h1-10,12-13H,11H2. The van der Waals surface area contributed by atoms with Crippen molar-refractivity contribution in [1.29, 1.82) is 0 Å². The zero-order valence-electron chi connectivity index (χ0n) is 15.1. The number of halogens is 1. The number of hydrogen-bond acceptors (Lipinski definition) is 5. The first-order chi connectivity index (χ1) is 14.2. The molecule has 0 aliphatic heterocycles. The van der Waals surface area contributed by atoms with E-state index in [9.17, 15) is 4.79 Å². The summed E-state index contributed by atoms with van der Waals surface area (Å²) in [7, 11) is 0. The monoisotopic (exact) mass is 403 g/mol. The third-order valence-corrected chi connectivity index (χ3v) is 4.74. The molecule has 5 aromatic rings. The van der Waals surface area contributed by atoms with Crippen LogP contribution in [0.15, 0.2) is 78.1 Å². The Morgan fingerprint density at radius 3 is 2.66 bits per heavy atom. The van der Waals surface area contributed by atoms with Crippen LogP contribution in [0.3, 0.4) is 0 Å². The number of aromatic nitrogens is 7. The van der Waals surface area contributed by atoms with Gasteiger partial charge in [-0.3, -0.25) is 9.36 Å². The molecular weight excluding hydrogens is 390 g/mol. The predicted octanol–water partition coefficient (Wildman–Crippen LogP) is 2.86. The van der Waals surface area contributed by atoms with E-state index in [2.05, 4.69) is 20.4 Å². The van der Waals surface area contributed by atoms with E-state index in [1.807, 2.05) is 42.5 Å². The van der Waals surface area contributed by atoms with E-state index in [4.69, 9.17) is 11.6 Å². The highest BCUT2D eigenvalue weighted by atomic mass is 35.5. The molecule has 0 bridgehead atoms. The molecule has 0 aliphatic carbocycles. The quantitative estimate of drug-likeness (QED) is 0.460. The first-order valence-corrected chi connectivity index (χ1v) is 9.22. The maximum atomic E-state index is 12.9. The molecule has 0 aliphatic rings. The van der Waals surface area contributed by atoms with Crippen LogP contribution >= 0.6 is 11.6 Å². The van der Waals surface area contributed by atoms with Crippen LogP contribution in [0.4, 0.5) is 0 Å². The minimum absolute atomic E-state index is 0.186. The van der Waals surface area contributed by atoms with Crippen LogP contribution in [0.25, 0.3) is 22.4 Å². The lowest BCUT2D eigenvalue weighted by atomic mass is 10.3. The Labute approximate surface area is 169 Å². The molecule has 0 atom stereocenters. The van der Waals surface area contributed by atoms with E-state index in [0.29, 0.717) is 21.7 Å². The SMILES string of the molecule is O=c1c2cnn(-c3ccccc3)c2ncn1Cc1cn(-c2cccc(Cl)c2)nn1. The Kier molecular flexibility index (Phi) is 4.18. The highest BCUT2D eigenvalue weighted by molar-refractivity contribution is 6.30. The van der Waals surface area contributed by atoms with E-state index in [1.54, 1.807) is 27.7 Å². The molecule has 142 valence electrons. The number of rotatable bonds is 4. The van der Waals surface area contributed by atoms with E-state index < -0.39 is 0 Å². The molecule has 0 fully saturated rings. The lowest BCUT2D eigenvalue weighted by molar-refractivity contribution is 0.720. The normalized spacial score (nSPS) is 11.2. The highest BCUT2D eigenvalue weighted by Gasteiger charge is 2.12. The molecule has 0 spiro atoms. The second-order valence-corrected chi connectivity index (χ2v) is 6.88. The van der Waals surface area contributed by atoms with Crippen molar-refractivity contribution >= 4 is 22.6 Å². The first-order valence-electron chi connectivity index (χ1n) is 8.85. The van der Waals surface area contributed by atoms with Gasteiger partial charge in [0.2, 0.25) is 0 Å². The van der Waals surface area contributed by atoms with Gasteiger partial charge in [0.05, 0.1) is 30.3 Å². The Bertz CT molecular complexity index is 1370. The molecule has 0 saturated carbocycles. The molecule has 3 heterocycles. The fraction of sp³-hybridized carbons (Fsp3) is 0.0500. The first kappa shape index (κ1) is 17.3. The molecule has 0 N–H and O–H groups in total. The Hall–Kier alpha value is -3.78. The largest absolute Gasteiger partial charge is 0.292 e. The van der Waals surface area contributed by atoms with Crippen LogP contribution in [0.1, 0.15) is 5.69 Å². The minimum atomic E-state index is -0.186. The molecule has 0 saturated heterocycles. The van der Waals surface area contributed by atoms with E-state index >= 15 is 0 Å². The third kappa shape index (κ3) is 3.19. The van der Waals surface area contributed by atoms with Crippen LogP contribution in [0.2, 0.25) is 5.02 Å². The van der Waals surface area contributed by atoms with Crippen molar-refractivity contribution in [3.05, 3.63) is 94.4 Å². The number of fused-ring (bicyclic) bond motifs is 1. The summed E-state index contributed by atoms with van der Waals surface area (Å²) in [4.78, 5) is 17.3. The Balaban J connectivity index is 1.48. The van der Waals surface area contributed by atoms with Crippen molar-refractivity contribution in [3.8, 4) is 11.4 Å². The molecule has 2 aromatic carbocycles. The number of hydrogen-bond donors (Lipinski definition) is 0. The predicted molar refractivity (Wildman–Crippen MR) is 109 cm³/mol. The molecule has 9 heteroatoms. The van der Waals surface area contributed by atoms with Gasteiger partial charge in [0.15, 0.2) is 5.65 Å². The van der Waals surface area contributed by atoms with Crippen LogP contribution in [-0.4, -0.2) is 34.3 Å². The summed E-state index contributed by atoms with van der Waals surface area (Å²) in [5.41, 5.74) is 2.59. The summed E-state index contributed by atoms with van der Waals surface area (Å²) in [6.45, 7) is 0.249. The molecule has 29 heavy (non-hydrogen) atoms. The Morgan fingerprint density at radius 2 is 1.83 bits per heavy atom. The van der Waals surface area contributed by atoms with Crippen molar-refractivity contribution in [2.75, 3.05) is 0 Å². The van der Waals surface area contributed by atoms with E-state index in [-0.39, 0.29) is 12.1 Å². The van der Waals surface area contributed by atoms with E-state index in [1.165, 1.54) is 17.1 Å². The zero-order chi connectivity index (χ0) is 19.8. The van der Waals surface area contributed by atoms with E-state index in [0.717, 1.165) is 11.4 Å². The fourth-order valence-corrected chi connectivity index (χ4v) is 3.29. The summed E-state index contributed by atoms with van der Waals surface area (Å²) in [5.74, 6) is 0. The highest BCUT2D eigenvalue weighted by Crippen LogP contribution is 2.15. The van der Waals surface area contributed by atoms with Gasteiger partial charge >= 0.3 is 0 Å². The van der Waals surface area contributed by atoms with Crippen molar-refractivity contribution < 1.29 is 0 Å². The molecule has 8 nitrogen and oxygen atoms in total. The molecule has 0 radical (unpaired) electrons. The second-order valence-electron chi connectivity index (χ2n) is 6.44. The average Bonchev–Trinajstić information content (AvgIpc) is 3.38. The smallest absolute Gasteiger partial charge is 0.264 e.